The normalized spacial score (nSPS) is 15.6. The number of hydrogen-bond acceptors (Lipinski definition) is 4. The summed E-state index contributed by atoms with van der Waals surface area (Å²) in [6.07, 6.45) is 0.731. The molecular formula is C14H17BrO5S. The number of rotatable bonds is 5. The van der Waals surface area contributed by atoms with Crippen molar-refractivity contribution in [2.24, 2.45) is 5.92 Å². The first-order valence-electron chi connectivity index (χ1n) is 6.61. The number of fused-ring (bicyclic) bond motifs is 1. The van der Waals surface area contributed by atoms with Crippen LogP contribution in [0.1, 0.15) is 25.0 Å². The standard InChI is InChI=1S/C14H17BrO5S/c1-8(2)13(14(16)17)21(18,19)7-10-6-11(15)5-9-3-4-20-12(9)10/h5-6,8,13H,3-4,7H2,1-2H3,(H,16,17). The minimum Gasteiger partial charge on any atom is -0.493 e. The van der Waals surface area contributed by atoms with E-state index in [9.17, 15) is 18.3 Å². The molecule has 0 saturated carbocycles. The fraction of sp³-hybridized carbons (Fsp3) is 0.500. The van der Waals surface area contributed by atoms with Gasteiger partial charge in [-0.2, -0.15) is 0 Å². The minimum absolute atomic E-state index is 0.329. The quantitative estimate of drug-likeness (QED) is 0.853. The van der Waals surface area contributed by atoms with Crippen LogP contribution in [0.25, 0.3) is 0 Å². The maximum Gasteiger partial charge on any atom is 0.322 e. The van der Waals surface area contributed by atoms with E-state index in [0.29, 0.717) is 17.9 Å². The molecule has 0 spiro atoms. The van der Waals surface area contributed by atoms with Crippen molar-refractivity contribution in [1.82, 2.24) is 0 Å². The Morgan fingerprint density at radius 2 is 2.10 bits per heavy atom. The van der Waals surface area contributed by atoms with Crippen LogP contribution in [-0.2, 0) is 26.8 Å². The van der Waals surface area contributed by atoms with Gasteiger partial charge in [-0.3, -0.25) is 4.79 Å². The largest absolute Gasteiger partial charge is 0.493 e. The van der Waals surface area contributed by atoms with Crippen LogP contribution in [0.2, 0.25) is 0 Å². The van der Waals surface area contributed by atoms with Gasteiger partial charge in [0.25, 0.3) is 0 Å². The summed E-state index contributed by atoms with van der Waals surface area (Å²) < 4.78 is 31.2. The smallest absolute Gasteiger partial charge is 0.322 e. The Balaban J connectivity index is 2.40. The van der Waals surface area contributed by atoms with Crippen molar-refractivity contribution in [1.29, 1.82) is 0 Å². The summed E-state index contributed by atoms with van der Waals surface area (Å²) in [5.41, 5.74) is 1.47. The first-order chi connectivity index (χ1) is 9.72. The summed E-state index contributed by atoms with van der Waals surface area (Å²) in [7, 11) is -3.81. The van der Waals surface area contributed by atoms with Gasteiger partial charge in [-0.1, -0.05) is 29.8 Å². The number of hydrogen-bond donors (Lipinski definition) is 1. The molecule has 1 aromatic rings. The van der Waals surface area contributed by atoms with E-state index in [1.165, 1.54) is 0 Å². The monoisotopic (exact) mass is 376 g/mol. The van der Waals surface area contributed by atoms with E-state index in [4.69, 9.17) is 4.74 Å². The van der Waals surface area contributed by atoms with Crippen molar-refractivity contribution in [3.8, 4) is 5.75 Å². The summed E-state index contributed by atoms with van der Waals surface area (Å²) in [5.74, 6) is -1.55. The Kier molecular flexibility index (Phi) is 4.63. The summed E-state index contributed by atoms with van der Waals surface area (Å²) in [4.78, 5) is 11.3. The molecule has 1 atom stereocenters. The highest BCUT2D eigenvalue weighted by molar-refractivity contribution is 9.10. The van der Waals surface area contributed by atoms with Gasteiger partial charge >= 0.3 is 5.97 Å². The number of carboxylic acids is 1. The number of benzene rings is 1. The average Bonchev–Trinajstić information content (AvgIpc) is 2.73. The van der Waals surface area contributed by atoms with Crippen LogP contribution < -0.4 is 4.74 Å². The van der Waals surface area contributed by atoms with Crippen LogP contribution in [0.5, 0.6) is 5.75 Å². The molecule has 1 N–H and O–H groups in total. The lowest BCUT2D eigenvalue weighted by atomic mass is 10.1. The molecule has 7 heteroatoms. The van der Waals surface area contributed by atoms with E-state index in [1.807, 2.05) is 6.07 Å². The fourth-order valence-corrected chi connectivity index (χ4v) is 5.13. The van der Waals surface area contributed by atoms with E-state index in [0.717, 1.165) is 16.5 Å². The van der Waals surface area contributed by atoms with Gasteiger partial charge in [0.15, 0.2) is 15.1 Å². The molecule has 1 heterocycles. The van der Waals surface area contributed by atoms with Gasteiger partial charge < -0.3 is 9.84 Å². The lowest BCUT2D eigenvalue weighted by Crippen LogP contribution is -2.35. The van der Waals surface area contributed by atoms with Crippen molar-refractivity contribution in [2.45, 2.75) is 31.3 Å². The van der Waals surface area contributed by atoms with Crippen molar-refractivity contribution >= 4 is 31.7 Å². The maximum atomic E-state index is 12.4. The van der Waals surface area contributed by atoms with Gasteiger partial charge in [0.2, 0.25) is 0 Å². The first-order valence-corrected chi connectivity index (χ1v) is 9.11. The van der Waals surface area contributed by atoms with Crippen LogP contribution >= 0.6 is 15.9 Å². The molecule has 0 fully saturated rings. The van der Waals surface area contributed by atoms with Crippen LogP contribution in [0.4, 0.5) is 0 Å². The van der Waals surface area contributed by atoms with Crippen molar-refractivity contribution in [2.75, 3.05) is 6.61 Å². The molecule has 0 saturated heterocycles. The molecule has 0 bridgehead atoms. The van der Waals surface area contributed by atoms with E-state index in [1.54, 1.807) is 19.9 Å². The number of ether oxygens (including phenoxy) is 1. The molecule has 0 aliphatic carbocycles. The second-order valence-corrected chi connectivity index (χ2v) is 8.50. The summed E-state index contributed by atoms with van der Waals surface area (Å²) >= 11 is 3.35. The highest BCUT2D eigenvalue weighted by atomic mass is 79.9. The minimum atomic E-state index is -3.81. The van der Waals surface area contributed by atoms with Gasteiger partial charge in [-0.05, 0) is 23.6 Å². The van der Waals surface area contributed by atoms with Crippen molar-refractivity contribution < 1.29 is 23.1 Å². The van der Waals surface area contributed by atoms with E-state index in [2.05, 4.69) is 15.9 Å². The summed E-state index contributed by atoms with van der Waals surface area (Å²) in [5, 5.41) is 7.78. The number of halogens is 1. The van der Waals surface area contributed by atoms with Crippen LogP contribution in [0, 0.1) is 5.92 Å². The van der Waals surface area contributed by atoms with Crippen molar-refractivity contribution in [3.63, 3.8) is 0 Å². The second-order valence-electron chi connectivity index (χ2n) is 5.46. The molecule has 1 unspecified atom stereocenters. The highest BCUT2D eigenvalue weighted by Gasteiger charge is 2.36. The Labute approximate surface area is 132 Å². The van der Waals surface area contributed by atoms with E-state index >= 15 is 0 Å². The lowest BCUT2D eigenvalue weighted by molar-refractivity contribution is -0.137. The highest BCUT2D eigenvalue weighted by Crippen LogP contribution is 2.35. The van der Waals surface area contributed by atoms with Crippen molar-refractivity contribution in [3.05, 3.63) is 27.7 Å². The van der Waals surface area contributed by atoms with Crippen LogP contribution in [-0.4, -0.2) is 31.4 Å². The van der Waals surface area contributed by atoms with Gasteiger partial charge in [0.1, 0.15) is 5.75 Å². The van der Waals surface area contributed by atoms with Crippen LogP contribution in [0.3, 0.4) is 0 Å². The molecule has 0 radical (unpaired) electrons. The number of carbonyl (C=O) groups is 1. The Bertz CT molecular complexity index is 666. The van der Waals surface area contributed by atoms with Gasteiger partial charge in [0.05, 0.1) is 12.4 Å². The molecule has 0 amide bonds. The molecular weight excluding hydrogens is 360 g/mol. The number of aliphatic carboxylic acids is 1. The fourth-order valence-electron chi connectivity index (χ4n) is 2.61. The Hall–Kier alpha value is -1.08. The predicted molar refractivity (Wildman–Crippen MR) is 82.2 cm³/mol. The predicted octanol–water partition coefficient (Wildman–Crippen LogP) is 2.41. The number of carboxylic acid groups (broad SMARTS) is 1. The molecule has 116 valence electrons. The maximum absolute atomic E-state index is 12.4. The Morgan fingerprint density at radius 3 is 2.67 bits per heavy atom. The topological polar surface area (TPSA) is 80.7 Å². The lowest BCUT2D eigenvalue weighted by Gasteiger charge is -2.18. The molecule has 21 heavy (non-hydrogen) atoms. The molecule has 0 aromatic heterocycles. The van der Waals surface area contributed by atoms with Gasteiger partial charge in [0, 0.05) is 16.5 Å². The third-order valence-electron chi connectivity index (χ3n) is 3.42. The third kappa shape index (κ3) is 3.40. The van der Waals surface area contributed by atoms with Crippen LogP contribution in [0.15, 0.2) is 16.6 Å². The average molecular weight is 377 g/mol. The third-order valence-corrected chi connectivity index (χ3v) is 6.11. The zero-order valence-corrected chi connectivity index (χ0v) is 14.2. The summed E-state index contributed by atoms with van der Waals surface area (Å²) in [6.45, 7) is 3.71. The zero-order chi connectivity index (χ0) is 15.8. The van der Waals surface area contributed by atoms with E-state index in [-0.39, 0.29) is 5.75 Å². The molecule has 1 aliphatic rings. The van der Waals surface area contributed by atoms with E-state index < -0.39 is 27.0 Å². The first kappa shape index (κ1) is 16.3. The second kappa shape index (κ2) is 5.96. The summed E-state index contributed by atoms with van der Waals surface area (Å²) in [6, 6.07) is 3.58. The van der Waals surface area contributed by atoms with Gasteiger partial charge in [-0.25, -0.2) is 8.42 Å². The SMILES string of the molecule is CC(C)C(C(=O)O)S(=O)(=O)Cc1cc(Br)cc2c1OCC2. The molecule has 5 nitrogen and oxygen atoms in total. The number of sulfone groups is 1. The Morgan fingerprint density at radius 1 is 1.43 bits per heavy atom. The molecule has 2 rings (SSSR count). The van der Waals surface area contributed by atoms with Gasteiger partial charge in [-0.15, -0.1) is 0 Å². The zero-order valence-electron chi connectivity index (χ0n) is 11.8. The molecule has 1 aliphatic heterocycles. The molecule has 1 aromatic carbocycles.